The van der Waals surface area contributed by atoms with Crippen LogP contribution in [0.3, 0.4) is 0 Å². The lowest BCUT2D eigenvalue weighted by Crippen LogP contribution is -2.50. The van der Waals surface area contributed by atoms with Gasteiger partial charge in [0.25, 0.3) is 0 Å². The fraction of sp³-hybridized carbons (Fsp3) is 0.474. The van der Waals surface area contributed by atoms with Crippen molar-refractivity contribution in [3.63, 3.8) is 0 Å². The summed E-state index contributed by atoms with van der Waals surface area (Å²) < 4.78 is 10.6. The van der Waals surface area contributed by atoms with Gasteiger partial charge in [0.15, 0.2) is 0 Å². The molecule has 2 atom stereocenters. The van der Waals surface area contributed by atoms with Crippen LogP contribution in [-0.2, 0) is 16.0 Å². The molecule has 0 radical (unpaired) electrons. The van der Waals surface area contributed by atoms with Crippen LogP contribution in [-0.4, -0.2) is 61.0 Å². The van der Waals surface area contributed by atoms with Crippen molar-refractivity contribution in [2.24, 2.45) is 0 Å². The van der Waals surface area contributed by atoms with Crippen LogP contribution < -0.4 is 9.47 Å². The molecule has 6 heteroatoms. The number of methoxy groups -OCH3 is 2. The maximum Gasteiger partial charge on any atom is 0.246 e. The van der Waals surface area contributed by atoms with Crippen molar-refractivity contribution in [2.75, 3.05) is 27.3 Å². The van der Waals surface area contributed by atoms with Crippen molar-refractivity contribution in [1.82, 2.24) is 9.80 Å². The third-order valence-electron chi connectivity index (χ3n) is 4.99. The fourth-order valence-corrected chi connectivity index (χ4v) is 3.53. The quantitative estimate of drug-likeness (QED) is 0.736. The van der Waals surface area contributed by atoms with E-state index in [1.54, 1.807) is 14.2 Å². The van der Waals surface area contributed by atoms with Gasteiger partial charge in [0.1, 0.15) is 11.5 Å². The lowest BCUT2D eigenvalue weighted by molar-refractivity contribution is -0.137. The summed E-state index contributed by atoms with van der Waals surface area (Å²) in [6, 6.07) is 5.97. The van der Waals surface area contributed by atoms with Gasteiger partial charge < -0.3 is 19.3 Å². The first-order chi connectivity index (χ1) is 12.1. The molecule has 1 aromatic carbocycles. The van der Waals surface area contributed by atoms with Crippen LogP contribution in [0.2, 0.25) is 0 Å². The van der Waals surface area contributed by atoms with Gasteiger partial charge in [-0.1, -0.05) is 12.6 Å². The summed E-state index contributed by atoms with van der Waals surface area (Å²) in [6.45, 7) is 4.73. The summed E-state index contributed by atoms with van der Waals surface area (Å²) in [5.41, 5.74) is 0.990. The lowest BCUT2D eigenvalue weighted by Gasteiger charge is -2.33. The van der Waals surface area contributed by atoms with Crippen LogP contribution in [0.4, 0.5) is 0 Å². The summed E-state index contributed by atoms with van der Waals surface area (Å²) >= 11 is 0. The second-order valence-corrected chi connectivity index (χ2v) is 6.37. The second-order valence-electron chi connectivity index (χ2n) is 6.37. The molecule has 2 fully saturated rings. The molecule has 0 spiro atoms. The van der Waals surface area contributed by atoms with Gasteiger partial charge >= 0.3 is 0 Å². The Bertz CT molecular complexity index is 688. The first-order valence-corrected chi connectivity index (χ1v) is 8.52. The summed E-state index contributed by atoms with van der Waals surface area (Å²) in [7, 11) is 3.23. The number of rotatable bonds is 6. The summed E-state index contributed by atoms with van der Waals surface area (Å²) in [5.74, 6) is 1.56. The Labute approximate surface area is 148 Å². The number of hydrogen-bond acceptors (Lipinski definition) is 4. The number of fused-ring (bicyclic) bond motifs is 1. The van der Waals surface area contributed by atoms with E-state index in [-0.39, 0.29) is 23.9 Å². The smallest absolute Gasteiger partial charge is 0.246 e. The third kappa shape index (κ3) is 3.48. The average molecular weight is 344 g/mol. The number of carbonyl (C=O) groups is 2. The fourth-order valence-electron chi connectivity index (χ4n) is 3.53. The standard InChI is InChI=1S/C19H24N2O4/c1-4-18(22)20-9-10-21(16-12-15(16)20)19(23)8-6-13-5-7-14(24-2)11-17(13)25-3/h4-5,7,11,15-16H,1,6,8-10,12H2,2-3H3. The Morgan fingerprint density at radius 1 is 1.20 bits per heavy atom. The van der Waals surface area contributed by atoms with Crippen molar-refractivity contribution in [1.29, 1.82) is 0 Å². The summed E-state index contributed by atoms with van der Waals surface area (Å²) in [6.07, 6.45) is 3.27. The molecule has 1 saturated carbocycles. The minimum absolute atomic E-state index is 0.0393. The zero-order chi connectivity index (χ0) is 18.0. The van der Waals surface area contributed by atoms with Crippen molar-refractivity contribution in [3.8, 4) is 11.5 Å². The minimum Gasteiger partial charge on any atom is -0.497 e. The zero-order valence-corrected chi connectivity index (χ0v) is 14.7. The predicted octanol–water partition coefficient (Wildman–Crippen LogP) is 1.63. The van der Waals surface area contributed by atoms with Gasteiger partial charge in [0, 0.05) is 25.6 Å². The molecule has 1 aliphatic carbocycles. The van der Waals surface area contributed by atoms with Gasteiger partial charge in [-0.3, -0.25) is 9.59 Å². The van der Waals surface area contributed by atoms with E-state index in [9.17, 15) is 9.59 Å². The predicted molar refractivity (Wildman–Crippen MR) is 93.7 cm³/mol. The maximum absolute atomic E-state index is 12.6. The normalized spacial score (nSPS) is 21.4. The summed E-state index contributed by atoms with van der Waals surface area (Å²) in [5, 5.41) is 0. The Morgan fingerprint density at radius 2 is 1.92 bits per heavy atom. The maximum atomic E-state index is 12.6. The number of nitrogens with zero attached hydrogens (tertiary/aromatic N) is 2. The van der Waals surface area contributed by atoms with Crippen LogP contribution >= 0.6 is 0 Å². The van der Waals surface area contributed by atoms with Crippen LogP contribution in [0.5, 0.6) is 11.5 Å². The largest absolute Gasteiger partial charge is 0.497 e. The Balaban J connectivity index is 1.58. The number of hydrogen-bond donors (Lipinski definition) is 0. The van der Waals surface area contributed by atoms with Gasteiger partial charge in [0.2, 0.25) is 11.8 Å². The highest BCUT2D eigenvalue weighted by atomic mass is 16.5. The van der Waals surface area contributed by atoms with Crippen LogP contribution in [0.25, 0.3) is 0 Å². The Hall–Kier alpha value is -2.50. The molecule has 6 nitrogen and oxygen atoms in total. The van der Waals surface area contributed by atoms with Crippen molar-refractivity contribution >= 4 is 11.8 Å². The molecule has 1 aliphatic heterocycles. The molecule has 0 aromatic heterocycles. The van der Waals surface area contributed by atoms with Gasteiger partial charge in [0.05, 0.1) is 26.3 Å². The van der Waals surface area contributed by atoms with E-state index in [1.807, 2.05) is 28.0 Å². The number of carbonyl (C=O) groups excluding carboxylic acids is 2. The van der Waals surface area contributed by atoms with E-state index in [0.29, 0.717) is 25.9 Å². The van der Waals surface area contributed by atoms with Crippen molar-refractivity contribution in [2.45, 2.75) is 31.3 Å². The molecule has 0 bridgehead atoms. The first-order valence-electron chi connectivity index (χ1n) is 8.52. The number of amides is 2. The zero-order valence-electron chi connectivity index (χ0n) is 14.7. The van der Waals surface area contributed by atoms with E-state index in [0.717, 1.165) is 23.5 Å². The topological polar surface area (TPSA) is 59.1 Å². The van der Waals surface area contributed by atoms with Gasteiger partial charge in [-0.2, -0.15) is 0 Å². The highest BCUT2D eigenvalue weighted by Gasteiger charge is 2.51. The molecule has 0 N–H and O–H groups in total. The summed E-state index contributed by atoms with van der Waals surface area (Å²) in [4.78, 5) is 28.2. The molecule has 2 aliphatic rings. The molecule has 25 heavy (non-hydrogen) atoms. The van der Waals surface area contributed by atoms with E-state index >= 15 is 0 Å². The highest BCUT2D eigenvalue weighted by molar-refractivity contribution is 5.88. The number of benzene rings is 1. The van der Waals surface area contributed by atoms with E-state index < -0.39 is 0 Å². The number of piperazine rings is 1. The van der Waals surface area contributed by atoms with E-state index in [2.05, 4.69) is 6.58 Å². The van der Waals surface area contributed by atoms with Crippen molar-refractivity contribution in [3.05, 3.63) is 36.4 Å². The van der Waals surface area contributed by atoms with E-state index in [4.69, 9.17) is 9.47 Å². The monoisotopic (exact) mass is 344 g/mol. The average Bonchev–Trinajstić information content (AvgIpc) is 3.45. The molecule has 1 saturated heterocycles. The molecule has 134 valence electrons. The number of ether oxygens (including phenoxy) is 2. The SMILES string of the molecule is C=CC(=O)N1CCN(C(=O)CCc2ccc(OC)cc2OC)C2CC21. The third-order valence-corrected chi connectivity index (χ3v) is 4.99. The molecule has 3 rings (SSSR count). The molecular weight excluding hydrogens is 320 g/mol. The van der Waals surface area contributed by atoms with E-state index in [1.165, 1.54) is 6.08 Å². The molecular formula is C19H24N2O4. The Morgan fingerprint density at radius 3 is 2.60 bits per heavy atom. The van der Waals surface area contributed by atoms with Gasteiger partial charge in [-0.15, -0.1) is 0 Å². The molecule has 1 aromatic rings. The highest BCUT2D eigenvalue weighted by Crippen LogP contribution is 2.37. The number of aryl methyl sites for hydroxylation is 1. The Kier molecular flexibility index (Phi) is 4.97. The van der Waals surface area contributed by atoms with Crippen LogP contribution in [0.1, 0.15) is 18.4 Å². The van der Waals surface area contributed by atoms with Crippen LogP contribution in [0, 0.1) is 0 Å². The molecule has 1 heterocycles. The van der Waals surface area contributed by atoms with Crippen molar-refractivity contribution < 1.29 is 19.1 Å². The van der Waals surface area contributed by atoms with Gasteiger partial charge in [-0.05, 0) is 30.5 Å². The first kappa shape index (κ1) is 17.3. The molecule has 2 unspecified atom stereocenters. The lowest BCUT2D eigenvalue weighted by atomic mass is 10.1. The molecule has 2 amide bonds. The second kappa shape index (κ2) is 7.17. The minimum atomic E-state index is -0.0393. The van der Waals surface area contributed by atoms with Gasteiger partial charge in [-0.25, -0.2) is 0 Å². The van der Waals surface area contributed by atoms with Crippen LogP contribution in [0.15, 0.2) is 30.9 Å².